The summed E-state index contributed by atoms with van der Waals surface area (Å²) < 4.78 is 61.6. The molecule has 1 N–H and O–H groups in total. The van der Waals surface area contributed by atoms with Crippen LogP contribution in [-0.2, 0) is 17.6 Å². The molecule has 104 valence electrons. The van der Waals surface area contributed by atoms with E-state index in [1.54, 1.807) is 29.6 Å². The van der Waals surface area contributed by atoms with Gasteiger partial charge in [0.1, 0.15) is 0 Å². The topological polar surface area (TPSA) is 29.1 Å². The standard InChI is InChI=1S/C12H10F5NO/c13-11(14,12(15,16)17)10(19)18-9-5-7-3-1-2-4-8(7)6-9/h1-4,9H,5-6H2,(H,18,19). The second kappa shape index (κ2) is 4.47. The van der Waals surface area contributed by atoms with Gasteiger partial charge < -0.3 is 5.32 Å². The molecule has 1 aliphatic rings. The van der Waals surface area contributed by atoms with Crippen LogP contribution in [0.2, 0.25) is 0 Å². The number of fused-ring (bicyclic) bond motifs is 1. The first-order chi connectivity index (χ1) is 8.72. The predicted molar refractivity (Wildman–Crippen MR) is 56.8 cm³/mol. The van der Waals surface area contributed by atoms with Gasteiger partial charge in [-0.15, -0.1) is 0 Å². The summed E-state index contributed by atoms with van der Waals surface area (Å²) in [7, 11) is 0. The average molecular weight is 279 g/mol. The minimum Gasteiger partial charge on any atom is -0.347 e. The molecule has 0 saturated carbocycles. The molecule has 1 aromatic carbocycles. The lowest BCUT2D eigenvalue weighted by Crippen LogP contribution is -2.53. The van der Waals surface area contributed by atoms with Crippen molar-refractivity contribution in [3.05, 3.63) is 35.4 Å². The first kappa shape index (κ1) is 13.8. The van der Waals surface area contributed by atoms with E-state index < -0.39 is 24.0 Å². The lowest BCUT2D eigenvalue weighted by Gasteiger charge is -2.21. The van der Waals surface area contributed by atoms with Crippen LogP contribution in [0.1, 0.15) is 11.1 Å². The Balaban J connectivity index is 2.03. The van der Waals surface area contributed by atoms with E-state index >= 15 is 0 Å². The van der Waals surface area contributed by atoms with Crippen molar-refractivity contribution in [2.24, 2.45) is 0 Å². The maximum absolute atomic E-state index is 12.8. The van der Waals surface area contributed by atoms with E-state index in [2.05, 4.69) is 0 Å². The van der Waals surface area contributed by atoms with Crippen molar-refractivity contribution in [3.8, 4) is 0 Å². The molecule has 2 nitrogen and oxygen atoms in total. The summed E-state index contributed by atoms with van der Waals surface area (Å²) in [5, 5.41) is 1.76. The Bertz CT molecular complexity index is 472. The highest BCUT2D eigenvalue weighted by Crippen LogP contribution is 2.36. The molecule has 19 heavy (non-hydrogen) atoms. The number of rotatable bonds is 2. The van der Waals surface area contributed by atoms with Crippen molar-refractivity contribution >= 4 is 5.91 Å². The van der Waals surface area contributed by atoms with Crippen molar-refractivity contribution in [1.29, 1.82) is 0 Å². The number of amides is 1. The average Bonchev–Trinajstić information content (AvgIpc) is 2.69. The third kappa shape index (κ3) is 2.54. The zero-order valence-corrected chi connectivity index (χ0v) is 9.60. The molecule has 0 bridgehead atoms. The van der Waals surface area contributed by atoms with Gasteiger partial charge in [-0.3, -0.25) is 4.79 Å². The molecule has 0 unspecified atom stereocenters. The lowest BCUT2D eigenvalue weighted by molar-refractivity contribution is -0.270. The maximum Gasteiger partial charge on any atom is 0.463 e. The number of halogens is 5. The summed E-state index contributed by atoms with van der Waals surface area (Å²) in [5.41, 5.74) is 1.70. The fourth-order valence-electron chi connectivity index (χ4n) is 2.07. The molecule has 0 radical (unpaired) electrons. The van der Waals surface area contributed by atoms with Gasteiger partial charge in [0.2, 0.25) is 0 Å². The number of carbonyl (C=O) groups excluding carboxylic acids is 1. The van der Waals surface area contributed by atoms with Crippen LogP contribution in [0.5, 0.6) is 0 Å². The van der Waals surface area contributed by atoms with Gasteiger partial charge in [-0.1, -0.05) is 24.3 Å². The van der Waals surface area contributed by atoms with Crippen LogP contribution in [0.25, 0.3) is 0 Å². The van der Waals surface area contributed by atoms with Crippen LogP contribution in [0.3, 0.4) is 0 Å². The van der Waals surface area contributed by atoms with Gasteiger partial charge in [0.05, 0.1) is 0 Å². The molecular weight excluding hydrogens is 269 g/mol. The van der Waals surface area contributed by atoms with Crippen LogP contribution < -0.4 is 5.32 Å². The van der Waals surface area contributed by atoms with Crippen LogP contribution in [0.15, 0.2) is 24.3 Å². The Morgan fingerprint density at radius 3 is 1.95 bits per heavy atom. The van der Waals surface area contributed by atoms with Gasteiger partial charge in [-0.25, -0.2) is 0 Å². The molecule has 1 amide bonds. The fourth-order valence-corrected chi connectivity index (χ4v) is 2.07. The van der Waals surface area contributed by atoms with Crippen molar-refractivity contribution in [2.75, 3.05) is 0 Å². The van der Waals surface area contributed by atoms with Crippen LogP contribution in [0.4, 0.5) is 22.0 Å². The van der Waals surface area contributed by atoms with Gasteiger partial charge in [0.15, 0.2) is 0 Å². The second-order valence-corrected chi connectivity index (χ2v) is 4.42. The molecule has 1 aromatic rings. The maximum atomic E-state index is 12.8. The van der Waals surface area contributed by atoms with E-state index in [1.165, 1.54) is 0 Å². The third-order valence-corrected chi connectivity index (χ3v) is 3.03. The van der Waals surface area contributed by atoms with E-state index in [-0.39, 0.29) is 12.8 Å². The number of benzene rings is 1. The Hall–Kier alpha value is -1.66. The summed E-state index contributed by atoms with van der Waals surface area (Å²) in [5.74, 6) is -7.65. The molecule has 7 heteroatoms. The van der Waals surface area contributed by atoms with Gasteiger partial charge in [0, 0.05) is 6.04 Å². The summed E-state index contributed by atoms with van der Waals surface area (Å²) in [6.07, 6.45) is -5.35. The molecule has 0 atom stereocenters. The van der Waals surface area contributed by atoms with Crippen LogP contribution in [0, 0.1) is 0 Å². The Morgan fingerprint density at radius 2 is 1.53 bits per heavy atom. The number of nitrogens with one attached hydrogen (secondary N) is 1. The molecule has 0 aliphatic heterocycles. The zero-order valence-electron chi connectivity index (χ0n) is 9.60. The summed E-state index contributed by atoms with van der Waals surface area (Å²) in [6.45, 7) is 0. The molecule has 0 saturated heterocycles. The molecular formula is C12H10F5NO. The normalized spacial score (nSPS) is 16.3. The first-order valence-corrected chi connectivity index (χ1v) is 5.54. The third-order valence-electron chi connectivity index (χ3n) is 3.03. The van der Waals surface area contributed by atoms with E-state index in [4.69, 9.17) is 0 Å². The van der Waals surface area contributed by atoms with E-state index in [9.17, 15) is 26.7 Å². The van der Waals surface area contributed by atoms with Crippen molar-refractivity contribution in [2.45, 2.75) is 31.0 Å². The van der Waals surface area contributed by atoms with Gasteiger partial charge in [-0.2, -0.15) is 22.0 Å². The van der Waals surface area contributed by atoms with E-state index in [1.807, 2.05) is 0 Å². The minimum atomic E-state index is -5.87. The Labute approximate surface area is 105 Å². The SMILES string of the molecule is O=C(NC1Cc2ccccc2C1)C(F)(F)C(F)(F)F. The van der Waals surface area contributed by atoms with Gasteiger partial charge in [-0.05, 0) is 24.0 Å². The van der Waals surface area contributed by atoms with Crippen LogP contribution in [-0.4, -0.2) is 24.0 Å². The molecule has 0 fully saturated rings. The smallest absolute Gasteiger partial charge is 0.347 e. The molecule has 0 aromatic heterocycles. The molecule has 0 heterocycles. The highest BCUT2D eigenvalue weighted by Gasteiger charge is 2.63. The monoisotopic (exact) mass is 279 g/mol. The minimum absolute atomic E-state index is 0.260. The van der Waals surface area contributed by atoms with Gasteiger partial charge >= 0.3 is 18.0 Å². The first-order valence-electron chi connectivity index (χ1n) is 5.54. The van der Waals surface area contributed by atoms with Crippen LogP contribution >= 0.6 is 0 Å². The fraction of sp³-hybridized carbons (Fsp3) is 0.417. The lowest BCUT2D eigenvalue weighted by atomic mass is 10.1. The Morgan fingerprint density at radius 1 is 1.05 bits per heavy atom. The van der Waals surface area contributed by atoms with E-state index in [0.717, 1.165) is 11.1 Å². The second-order valence-electron chi connectivity index (χ2n) is 4.42. The zero-order chi connectivity index (χ0) is 14.3. The number of hydrogen-bond acceptors (Lipinski definition) is 1. The molecule has 2 rings (SSSR count). The van der Waals surface area contributed by atoms with E-state index in [0.29, 0.717) is 0 Å². The Kier molecular flexibility index (Phi) is 3.24. The predicted octanol–water partition coefficient (Wildman–Crippen LogP) is 2.47. The number of hydrogen-bond donors (Lipinski definition) is 1. The summed E-state index contributed by atoms with van der Waals surface area (Å²) in [4.78, 5) is 11.0. The van der Waals surface area contributed by atoms with Crippen molar-refractivity contribution < 1.29 is 26.7 Å². The summed E-state index contributed by atoms with van der Waals surface area (Å²) in [6, 6.07) is 6.27. The molecule has 1 aliphatic carbocycles. The largest absolute Gasteiger partial charge is 0.463 e. The van der Waals surface area contributed by atoms with Gasteiger partial charge in [0.25, 0.3) is 0 Å². The highest BCUT2D eigenvalue weighted by molar-refractivity contribution is 5.84. The summed E-state index contributed by atoms with van der Waals surface area (Å²) >= 11 is 0. The quantitative estimate of drug-likeness (QED) is 0.828. The molecule has 0 spiro atoms. The number of carbonyl (C=O) groups is 1. The number of alkyl halides is 5. The highest BCUT2D eigenvalue weighted by atomic mass is 19.4. The van der Waals surface area contributed by atoms with Crippen molar-refractivity contribution in [3.63, 3.8) is 0 Å². The van der Waals surface area contributed by atoms with Crippen molar-refractivity contribution in [1.82, 2.24) is 5.32 Å².